The van der Waals surface area contributed by atoms with Gasteiger partial charge in [-0.1, -0.05) is 19.1 Å². The van der Waals surface area contributed by atoms with E-state index in [0.717, 1.165) is 6.42 Å². The Bertz CT molecular complexity index is 868. The van der Waals surface area contributed by atoms with Gasteiger partial charge in [-0.25, -0.2) is 4.79 Å². The summed E-state index contributed by atoms with van der Waals surface area (Å²) in [5, 5.41) is 10.9. The number of carbonyl (C=O) groups excluding carboxylic acids is 3. The average molecular weight is 412 g/mol. The number of carbonyl (C=O) groups is 3. The van der Waals surface area contributed by atoms with E-state index >= 15 is 0 Å². The number of ether oxygens (including phenoxy) is 1. The molecule has 0 aromatic heterocycles. The predicted octanol–water partition coefficient (Wildman–Crippen LogP) is 3.37. The fraction of sp³-hybridized carbons (Fsp3) is 0.318. The molecule has 8 heteroatoms. The summed E-state index contributed by atoms with van der Waals surface area (Å²) in [5.41, 5.74) is 1.45. The fourth-order valence-electron chi connectivity index (χ4n) is 2.55. The van der Waals surface area contributed by atoms with Gasteiger partial charge in [0.1, 0.15) is 5.75 Å². The average Bonchev–Trinajstić information content (AvgIpc) is 2.74. The number of para-hydroxylation sites is 1. The molecule has 160 valence electrons. The Morgan fingerprint density at radius 1 is 1.00 bits per heavy atom. The first-order valence-electron chi connectivity index (χ1n) is 9.81. The first-order valence-corrected chi connectivity index (χ1v) is 9.81. The third-order valence-corrected chi connectivity index (χ3v) is 4.42. The summed E-state index contributed by atoms with van der Waals surface area (Å²) in [5.74, 6) is 0.150. The maximum absolute atomic E-state index is 12.4. The van der Waals surface area contributed by atoms with Crippen molar-refractivity contribution in [2.75, 3.05) is 24.3 Å². The zero-order valence-corrected chi connectivity index (χ0v) is 17.5. The minimum absolute atomic E-state index is 0.0367. The molecule has 0 saturated heterocycles. The third-order valence-electron chi connectivity index (χ3n) is 4.42. The molecular formula is C22H28N4O4. The highest BCUT2D eigenvalue weighted by molar-refractivity contribution is 6.04. The van der Waals surface area contributed by atoms with Crippen molar-refractivity contribution >= 4 is 29.2 Å². The highest BCUT2D eigenvalue weighted by Crippen LogP contribution is 2.16. The zero-order valence-electron chi connectivity index (χ0n) is 17.5. The first kappa shape index (κ1) is 22.7. The van der Waals surface area contributed by atoms with Crippen LogP contribution in [0.25, 0.3) is 0 Å². The Morgan fingerprint density at radius 2 is 1.70 bits per heavy atom. The Hall–Kier alpha value is -3.55. The molecule has 8 nitrogen and oxygen atoms in total. The molecule has 2 aromatic carbocycles. The lowest BCUT2D eigenvalue weighted by Gasteiger charge is -2.14. The first-order chi connectivity index (χ1) is 14.4. The Balaban J connectivity index is 1.81. The fourth-order valence-corrected chi connectivity index (χ4v) is 2.55. The lowest BCUT2D eigenvalue weighted by atomic mass is 10.1. The zero-order chi connectivity index (χ0) is 21.9. The van der Waals surface area contributed by atoms with Crippen LogP contribution in [0.15, 0.2) is 48.5 Å². The monoisotopic (exact) mass is 412 g/mol. The highest BCUT2D eigenvalue weighted by Gasteiger charge is 2.14. The van der Waals surface area contributed by atoms with E-state index in [9.17, 15) is 14.4 Å². The van der Waals surface area contributed by atoms with Crippen LogP contribution < -0.4 is 26.0 Å². The van der Waals surface area contributed by atoms with Crippen LogP contribution in [0.2, 0.25) is 0 Å². The van der Waals surface area contributed by atoms with Crippen LogP contribution in [0, 0.1) is 0 Å². The number of benzene rings is 2. The molecule has 2 rings (SSSR count). The van der Waals surface area contributed by atoms with Gasteiger partial charge in [0.25, 0.3) is 5.91 Å². The molecule has 1 atom stereocenters. The van der Waals surface area contributed by atoms with E-state index in [4.69, 9.17) is 4.74 Å². The van der Waals surface area contributed by atoms with Crippen molar-refractivity contribution in [1.29, 1.82) is 0 Å². The largest absolute Gasteiger partial charge is 0.497 e. The quantitative estimate of drug-likeness (QED) is 0.506. The number of hydrogen-bond donors (Lipinski definition) is 4. The summed E-state index contributed by atoms with van der Waals surface area (Å²) >= 11 is 0. The van der Waals surface area contributed by atoms with Crippen molar-refractivity contribution in [2.45, 2.75) is 32.7 Å². The van der Waals surface area contributed by atoms with Crippen molar-refractivity contribution in [3.8, 4) is 5.75 Å². The van der Waals surface area contributed by atoms with E-state index < -0.39 is 6.03 Å². The molecule has 0 radical (unpaired) electrons. The summed E-state index contributed by atoms with van der Waals surface area (Å²) in [4.78, 5) is 36.6. The van der Waals surface area contributed by atoms with Crippen LogP contribution in [-0.4, -0.2) is 37.5 Å². The van der Waals surface area contributed by atoms with E-state index in [1.807, 2.05) is 13.8 Å². The van der Waals surface area contributed by atoms with Gasteiger partial charge < -0.3 is 26.0 Å². The SMILES string of the molecule is CC[C@@H](C)NC(=O)c1ccccc1NC(=O)CCNC(=O)Nc1ccc(OC)cc1. The standard InChI is InChI=1S/C22H28N4O4/c1-4-15(2)24-21(28)18-7-5-6-8-19(18)26-20(27)13-14-23-22(29)25-16-9-11-17(30-3)12-10-16/h5-12,15H,4,13-14H2,1-3H3,(H,24,28)(H,26,27)(H2,23,25,29)/t15-/m1/s1. The Morgan fingerprint density at radius 3 is 2.37 bits per heavy atom. The molecule has 0 heterocycles. The van der Waals surface area contributed by atoms with Gasteiger partial charge in [-0.05, 0) is 49.7 Å². The molecule has 0 unspecified atom stereocenters. The van der Waals surface area contributed by atoms with Crippen LogP contribution in [0.3, 0.4) is 0 Å². The smallest absolute Gasteiger partial charge is 0.319 e. The summed E-state index contributed by atoms with van der Waals surface area (Å²) < 4.78 is 5.06. The molecular weight excluding hydrogens is 384 g/mol. The maximum Gasteiger partial charge on any atom is 0.319 e. The van der Waals surface area contributed by atoms with Crippen molar-refractivity contribution in [2.24, 2.45) is 0 Å². The normalized spacial score (nSPS) is 11.2. The van der Waals surface area contributed by atoms with Crippen molar-refractivity contribution in [3.63, 3.8) is 0 Å². The summed E-state index contributed by atoms with van der Waals surface area (Å²) in [7, 11) is 1.57. The van der Waals surface area contributed by atoms with Crippen LogP contribution in [0.1, 0.15) is 37.0 Å². The lowest BCUT2D eigenvalue weighted by Crippen LogP contribution is -2.33. The van der Waals surface area contributed by atoms with E-state index in [-0.39, 0.29) is 30.8 Å². The second kappa shape index (κ2) is 11.5. The van der Waals surface area contributed by atoms with E-state index in [1.54, 1.807) is 55.6 Å². The lowest BCUT2D eigenvalue weighted by molar-refractivity contribution is -0.116. The molecule has 4 amide bonds. The Labute approximate surface area is 176 Å². The summed E-state index contributed by atoms with van der Waals surface area (Å²) in [6.07, 6.45) is 0.877. The molecule has 4 N–H and O–H groups in total. The molecule has 0 aliphatic carbocycles. The van der Waals surface area contributed by atoms with Gasteiger partial charge in [0, 0.05) is 24.7 Å². The van der Waals surface area contributed by atoms with Crippen LogP contribution in [-0.2, 0) is 4.79 Å². The van der Waals surface area contributed by atoms with Crippen molar-refractivity contribution in [3.05, 3.63) is 54.1 Å². The van der Waals surface area contributed by atoms with E-state index in [0.29, 0.717) is 22.7 Å². The third kappa shape index (κ3) is 7.12. The van der Waals surface area contributed by atoms with Gasteiger partial charge in [0.2, 0.25) is 5.91 Å². The van der Waals surface area contributed by atoms with Crippen molar-refractivity contribution in [1.82, 2.24) is 10.6 Å². The minimum atomic E-state index is -0.415. The summed E-state index contributed by atoms with van der Waals surface area (Å²) in [6, 6.07) is 13.3. The molecule has 0 aliphatic heterocycles. The molecule has 0 fully saturated rings. The van der Waals surface area contributed by atoms with Gasteiger partial charge in [0.15, 0.2) is 0 Å². The second-order valence-corrected chi connectivity index (χ2v) is 6.74. The Kier molecular flexibility index (Phi) is 8.68. The van der Waals surface area contributed by atoms with Crippen LogP contribution in [0.4, 0.5) is 16.2 Å². The van der Waals surface area contributed by atoms with E-state index in [2.05, 4.69) is 21.3 Å². The predicted molar refractivity (Wildman–Crippen MR) is 117 cm³/mol. The van der Waals surface area contributed by atoms with Gasteiger partial charge in [0.05, 0.1) is 18.4 Å². The molecule has 0 spiro atoms. The van der Waals surface area contributed by atoms with Crippen LogP contribution >= 0.6 is 0 Å². The van der Waals surface area contributed by atoms with Gasteiger partial charge >= 0.3 is 6.03 Å². The molecule has 0 aliphatic rings. The maximum atomic E-state index is 12.4. The number of amides is 4. The van der Waals surface area contributed by atoms with Gasteiger partial charge in [-0.2, -0.15) is 0 Å². The van der Waals surface area contributed by atoms with Gasteiger partial charge in [-0.3, -0.25) is 9.59 Å². The van der Waals surface area contributed by atoms with Gasteiger partial charge in [-0.15, -0.1) is 0 Å². The van der Waals surface area contributed by atoms with Crippen LogP contribution in [0.5, 0.6) is 5.75 Å². The number of rotatable bonds is 9. The molecule has 0 saturated carbocycles. The highest BCUT2D eigenvalue weighted by atomic mass is 16.5. The number of anilines is 2. The number of urea groups is 1. The molecule has 0 bridgehead atoms. The second-order valence-electron chi connectivity index (χ2n) is 6.74. The number of methoxy groups -OCH3 is 1. The number of nitrogens with one attached hydrogen (secondary N) is 4. The number of hydrogen-bond acceptors (Lipinski definition) is 4. The topological polar surface area (TPSA) is 109 Å². The molecule has 2 aromatic rings. The molecule has 30 heavy (non-hydrogen) atoms. The van der Waals surface area contributed by atoms with E-state index in [1.165, 1.54) is 0 Å². The summed E-state index contributed by atoms with van der Waals surface area (Å²) in [6.45, 7) is 4.05. The van der Waals surface area contributed by atoms with Crippen molar-refractivity contribution < 1.29 is 19.1 Å². The minimum Gasteiger partial charge on any atom is -0.497 e.